The van der Waals surface area contributed by atoms with Crippen molar-refractivity contribution in [3.63, 3.8) is 0 Å². The number of carbonyl (C=O) groups excluding carboxylic acids is 1. The van der Waals surface area contributed by atoms with E-state index in [9.17, 15) is 9.90 Å². The van der Waals surface area contributed by atoms with E-state index in [1.165, 1.54) is 6.07 Å². The molecule has 6 heteroatoms. The molecule has 0 saturated carbocycles. The standard InChI is InChI=1S/C15H16IN3O2/c1-9-6-12(10(2)19(9)3)8-17-18-15(21)11-4-5-13(16)14(20)7-11/h4-8,20H,1-3H3,(H,18,21)/b17-8-. The third kappa shape index (κ3) is 3.44. The van der Waals surface area contributed by atoms with E-state index >= 15 is 0 Å². The number of nitrogens with one attached hydrogen (secondary N) is 1. The van der Waals surface area contributed by atoms with Crippen LogP contribution >= 0.6 is 22.6 Å². The third-order valence-electron chi connectivity index (χ3n) is 3.39. The van der Waals surface area contributed by atoms with Crippen LogP contribution in [-0.2, 0) is 7.05 Å². The minimum atomic E-state index is -0.358. The van der Waals surface area contributed by atoms with Crippen molar-refractivity contribution in [3.05, 3.63) is 50.4 Å². The first-order valence-electron chi connectivity index (χ1n) is 6.35. The monoisotopic (exact) mass is 397 g/mol. The van der Waals surface area contributed by atoms with Gasteiger partial charge in [-0.05, 0) is 60.7 Å². The molecule has 0 fully saturated rings. The van der Waals surface area contributed by atoms with E-state index < -0.39 is 0 Å². The molecular formula is C15H16IN3O2. The number of hydrazone groups is 1. The molecule has 0 atom stereocenters. The fourth-order valence-corrected chi connectivity index (χ4v) is 2.23. The van der Waals surface area contributed by atoms with E-state index in [2.05, 4.69) is 15.1 Å². The Hall–Kier alpha value is -1.83. The molecule has 0 radical (unpaired) electrons. The Bertz CT molecular complexity index is 720. The molecule has 2 N–H and O–H groups in total. The second-order valence-electron chi connectivity index (χ2n) is 4.75. The average Bonchev–Trinajstić information content (AvgIpc) is 2.69. The van der Waals surface area contributed by atoms with Crippen LogP contribution in [0.3, 0.4) is 0 Å². The summed E-state index contributed by atoms with van der Waals surface area (Å²) in [6, 6.07) is 6.75. The predicted octanol–water partition coefficient (Wildman–Crippen LogP) is 2.72. The van der Waals surface area contributed by atoms with Crippen molar-refractivity contribution in [2.45, 2.75) is 13.8 Å². The highest BCUT2D eigenvalue weighted by Crippen LogP contribution is 2.20. The molecule has 0 aliphatic heterocycles. The molecule has 1 heterocycles. The Labute approximate surface area is 136 Å². The second-order valence-corrected chi connectivity index (χ2v) is 5.91. The first-order valence-corrected chi connectivity index (χ1v) is 7.43. The van der Waals surface area contributed by atoms with Gasteiger partial charge in [0.1, 0.15) is 5.75 Å². The molecule has 2 aromatic rings. The summed E-state index contributed by atoms with van der Waals surface area (Å²) in [6.07, 6.45) is 1.62. The van der Waals surface area contributed by atoms with E-state index in [4.69, 9.17) is 0 Å². The van der Waals surface area contributed by atoms with Gasteiger partial charge < -0.3 is 9.67 Å². The molecule has 0 aliphatic rings. The molecular weight excluding hydrogens is 381 g/mol. The maximum Gasteiger partial charge on any atom is 0.271 e. The molecule has 1 amide bonds. The quantitative estimate of drug-likeness (QED) is 0.475. The summed E-state index contributed by atoms with van der Waals surface area (Å²) >= 11 is 2.00. The highest BCUT2D eigenvalue weighted by Gasteiger charge is 2.07. The SMILES string of the molecule is Cc1cc(/C=N\NC(=O)c2ccc(I)c(O)c2)c(C)n1C. The van der Waals surface area contributed by atoms with E-state index in [1.807, 2.05) is 49.6 Å². The van der Waals surface area contributed by atoms with Gasteiger partial charge in [-0.1, -0.05) is 0 Å². The number of hydrogen-bond donors (Lipinski definition) is 2. The molecule has 1 aromatic heterocycles. The van der Waals surface area contributed by atoms with Crippen molar-refractivity contribution in [1.82, 2.24) is 9.99 Å². The lowest BCUT2D eigenvalue weighted by atomic mass is 10.2. The molecule has 0 spiro atoms. The molecule has 1 aromatic carbocycles. The van der Waals surface area contributed by atoms with Gasteiger partial charge in [-0.2, -0.15) is 5.10 Å². The number of aromatic nitrogens is 1. The fraction of sp³-hybridized carbons (Fsp3) is 0.200. The third-order valence-corrected chi connectivity index (χ3v) is 4.30. The Morgan fingerprint density at radius 3 is 2.67 bits per heavy atom. The zero-order valence-corrected chi connectivity index (χ0v) is 14.2. The Morgan fingerprint density at radius 2 is 2.10 bits per heavy atom. The summed E-state index contributed by atoms with van der Waals surface area (Å²) < 4.78 is 2.75. The minimum absolute atomic E-state index is 0.0850. The smallest absolute Gasteiger partial charge is 0.271 e. The number of amides is 1. The average molecular weight is 397 g/mol. The summed E-state index contributed by atoms with van der Waals surface area (Å²) in [6.45, 7) is 4.00. The normalized spacial score (nSPS) is 11.0. The largest absolute Gasteiger partial charge is 0.507 e. The topological polar surface area (TPSA) is 66.6 Å². The van der Waals surface area contributed by atoms with E-state index in [0.29, 0.717) is 9.13 Å². The van der Waals surface area contributed by atoms with Gasteiger partial charge in [0.05, 0.1) is 9.78 Å². The molecule has 2 rings (SSSR count). The van der Waals surface area contributed by atoms with Crippen LogP contribution in [0, 0.1) is 17.4 Å². The molecule has 5 nitrogen and oxygen atoms in total. The number of phenolic OH excluding ortho intramolecular Hbond substituents is 1. The zero-order valence-electron chi connectivity index (χ0n) is 12.0. The number of benzene rings is 1. The fourth-order valence-electron chi connectivity index (χ4n) is 1.89. The number of rotatable bonds is 3. The number of nitrogens with zero attached hydrogens (tertiary/aromatic N) is 2. The van der Waals surface area contributed by atoms with Crippen molar-refractivity contribution < 1.29 is 9.90 Å². The van der Waals surface area contributed by atoms with Crippen LogP contribution in [-0.4, -0.2) is 21.8 Å². The van der Waals surface area contributed by atoms with Gasteiger partial charge in [0.15, 0.2) is 0 Å². The molecule has 0 bridgehead atoms. The van der Waals surface area contributed by atoms with Gasteiger partial charge in [-0.3, -0.25) is 4.79 Å². The number of hydrogen-bond acceptors (Lipinski definition) is 3. The zero-order chi connectivity index (χ0) is 15.6. The predicted molar refractivity (Wildman–Crippen MR) is 90.8 cm³/mol. The van der Waals surface area contributed by atoms with Crippen LogP contribution in [0.5, 0.6) is 5.75 Å². The first kappa shape index (κ1) is 15.6. The number of halogens is 1. The Morgan fingerprint density at radius 1 is 1.38 bits per heavy atom. The lowest BCUT2D eigenvalue weighted by Gasteiger charge is -2.02. The number of aryl methyl sites for hydroxylation is 1. The van der Waals surface area contributed by atoms with Gasteiger partial charge in [0.2, 0.25) is 0 Å². The molecule has 21 heavy (non-hydrogen) atoms. The van der Waals surface area contributed by atoms with Crippen molar-refractivity contribution >= 4 is 34.7 Å². The minimum Gasteiger partial charge on any atom is -0.507 e. The summed E-state index contributed by atoms with van der Waals surface area (Å²) in [5.74, 6) is -0.273. The van der Waals surface area contributed by atoms with Crippen LogP contribution < -0.4 is 5.43 Å². The molecule has 0 saturated heterocycles. The van der Waals surface area contributed by atoms with Gasteiger partial charge in [0.25, 0.3) is 5.91 Å². The van der Waals surface area contributed by atoms with Crippen LogP contribution in [0.25, 0.3) is 0 Å². The lowest BCUT2D eigenvalue weighted by molar-refractivity contribution is 0.0954. The van der Waals surface area contributed by atoms with Crippen molar-refractivity contribution in [1.29, 1.82) is 0 Å². The van der Waals surface area contributed by atoms with Gasteiger partial charge >= 0.3 is 0 Å². The van der Waals surface area contributed by atoms with Crippen molar-refractivity contribution in [2.24, 2.45) is 12.1 Å². The Balaban J connectivity index is 2.08. The lowest BCUT2D eigenvalue weighted by Crippen LogP contribution is -2.17. The highest BCUT2D eigenvalue weighted by atomic mass is 127. The highest BCUT2D eigenvalue weighted by molar-refractivity contribution is 14.1. The van der Waals surface area contributed by atoms with Crippen LogP contribution in [0.1, 0.15) is 27.3 Å². The van der Waals surface area contributed by atoms with E-state index in [0.717, 1.165) is 17.0 Å². The summed E-state index contributed by atoms with van der Waals surface area (Å²) in [7, 11) is 1.98. The first-order chi connectivity index (χ1) is 9.90. The molecule has 0 aliphatic carbocycles. The number of carbonyl (C=O) groups is 1. The van der Waals surface area contributed by atoms with Crippen LogP contribution in [0.2, 0.25) is 0 Å². The maximum absolute atomic E-state index is 11.9. The van der Waals surface area contributed by atoms with Crippen molar-refractivity contribution in [3.8, 4) is 5.75 Å². The van der Waals surface area contributed by atoms with Crippen molar-refractivity contribution in [2.75, 3.05) is 0 Å². The van der Waals surface area contributed by atoms with Gasteiger partial charge in [-0.15, -0.1) is 0 Å². The second kappa shape index (κ2) is 6.30. The van der Waals surface area contributed by atoms with Crippen LogP contribution in [0.15, 0.2) is 29.4 Å². The van der Waals surface area contributed by atoms with E-state index in [-0.39, 0.29) is 11.7 Å². The maximum atomic E-state index is 11.9. The Kier molecular flexibility index (Phi) is 4.66. The summed E-state index contributed by atoms with van der Waals surface area (Å²) in [4.78, 5) is 11.9. The van der Waals surface area contributed by atoms with Gasteiger partial charge in [-0.25, -0.2) is 5.43 Å². The van der Waals surface area contributed by atoms with Gasteiger partial charge in [0, 0.05) is 29.6 Å². The number of phenols is 1. The van der Waals surface area contributed by atoms with Crippen LogP contribution in [0.4, 0.5) is 0 Å². The molecule has 0 unspecified atom stereocenters. The summed E-state index contributed by atoms with van der Waals surface area (Å²) in [5.41, 5.74) is 5.99. The molecule has 110 valence electrons. The van der Waals surface area contributed by atoms with E-state index in [1.54, 1.807) is 18.3 Å². The number of aromatic hydroxyl groups is 1. The summed E-state index contributed by atoms with van der Waals surface area (Å²) in [5, 5.41) is 13.6.